The molecule has 8 N–H and O–H groups in total. The lowest BCUT2D eigenvalue weighted by atomic mass is 9.99. The molecule has 3 aromatic rings. The van der Waals surface area contributed by atoms with E-state index in [0.29, 0.717) is 152 Å². The van der Waals surface area contributed by atoms with Crippen molar-refractivity contribution in [1.82, 2.24) is 19.9 Å². The molecule has 79 heavy (non-hydrogen) atoms. The lowest BCUT2D eigenvalue weighted by molar-refractivity contribution is -0.928. The lowest BCUT2D eigenvalue weighted by Crippen LogP contribution is -2.61. The van der Waals surface area contributed by atoms with Gasteiger partial charge in [-0.25, -0.2) is 0 Å². The number of carbonyl (C=O) groups is 1. The third kappa shape index (κ3) is 19.1. The second-order valence-electron chi connectivity index (χ2n) is 19.9. The molecule has 4 aliphatic rings. The number of rotatable bonds is 35. The van der Waals surface area contributed by atoms with Crippen LogP contribution in [0.15, 0.2) is 21.2 Å². The molecule has 1 aromatic carbocycles. The van der Waals surface area contributed by atoms with Gasteiger partial charge in [0, 0.05) is 58.1 Å². The third-order valence-electron chi connectivity index (χ3n) is 14.4. The summed E-state index contributed by atoms with van der Waals surface area (Å²) in [6.45, 7) is 6.52. The summed E-state index contributed by atoms with van der Waals surface area (Å²) >= 11 is 7.13. The van der Waals surface area contributed by atoms with Crippen molar-refractivity contribution in [2.24, 2.45) is 17.8 Å². The van der Waals surface area contributed by atoms with E-state index in [1.165, 1.54) is 0 Å². The topological polar surface area (TPSA) is 325 Å². The highest BCUT2D eigenvalue weighted by atomic mass is 79.9. The van der Waals surface area contributed by atoms with E-state index in [0.717, 1.165) is 25.7 Å². The summed E-state index contributed by atoms with van der Waals surface area (Å²) in [5.41, 5.74) is 0.650. The Kier molecular flexibility index (Phi) is 25.1. The van der Waals surface area contributed by atoms with E-state index in [4.69, 9.17) is 47.6 Å². The van der Waals surface area contributed by atoms with Crippen molar-refractivity contribution in [3.63, 3.8) is 0 Å². The van der Waals surface area contributed by atoms with Crippen LogP contribution in [0.2, 0.25) is 0 Å². The van der Waals surface area contributed by atoms with Crippen molar-refractivity contribution in [3.05, 3.63) is 21.2 Å². The van der Waals surface area contributed by atoms with E-state index < -0.39 is 47.4 Å². The highest BCUT2D eigenvalue weighted by Crippen LogP contribution is 2.52. The molecule has 4 heterocycles. The van der Waals surface area contributed by atoms with Gasteiger partial charge in [0.05, 0.1) is 124 Å². The number of esters is 1. The summed E-state index contributed by atoms with van der Waals surface area (Å²) < 4.78 is 86.0. The Morgan fingerprint density at radius 2 is 1.49 bits per heavy atom. The van der Waals surface area contributed by atoms with Gasteiger partial charge in [0.1, 0.15) is 49.1 Å². The highest BCUT2D eigenvalue weighted by molar-refractivity contribution is 9.11. The van der Waals surface area contributed by atoms with E-state index in [1.54, 1.807) is 12.3 Å². The van der Waals surface area contributed by atoms with Gasteiger partial charge in [0.2, 0.25) is 18.2 Å². The fraction of sp³-hybridized carbons (Fsp3) is 0.725. The molecule has 2 aromatic heterocycles. The Morgan fingerprint density at radius 1 is 0.835 bits per heavy atom. The molecular weight excluding hydrogens is 1190 g/mol. The largest absolute Gasteiger partial charge is 0.489 e. The van der Waals surface area contributed by atoms with Crippen molar-refractivity contribution >= 4 is 70.7 Å². The summed E-state index contributed by atoms with van der Waals surface area (Å²) in [5.74, 6) is 9.02. The summed E-state index contributed by atoms with van der Waals surface area (Å²) in [6.07, 6.45) is 0.104. The Bertz CT molecular complexity index is 2530. The Labute approximate surface area is 476 Å². The molecule has 1 unspecified atom stereocenters. The molecule has 0 spiro atoms. The number of aromatic amines is 1. The van der Waals surface area contributed by atoms with Crippen molar-refractivity contribution in [2.45, 2.75) is 82.1 Å². The number of hydrogen-bond acceptors (Lipinski definition) is 22. The zero-order valence-electron chi connectivity index (χ0n) is 44.3. The Balaban J connectivity index is 0.816. The first-order valence-electron chi connectivity index (χ1n) is 27.0. The molecule has 442 valence electrons. The number of benzene rings is 1. The van der Waals surface area contributed by atoms with Gasteiger partial charge in [0.15, 0.2) is 0 Å². The SMILES string of the molecule is O=C(CCCOCCOCCNc1nc(OCCOCCOCCOc2c(Br)cc3[nH]cc(O[C@@H]4O[C@H](CO)[C@@H](O)[C@H](O)[C@H]4O)c3c2Br)nc(N2CC[N+](CCCO)(CCCS(=O)(=O)O)CC2)n1)OCC1[C@H]2CCC#CCC[C@@H]12. The number of carbonyl (C=O) groups excluding carboxylic acids is 1. The lowest BCUT2D eigenvalue weighted by Gasteiger charge is -2.45. The number of halogens is 2. The zero-order chi connectivity index (χ0) is 56.2. The van der Waals surface area contributed by atoms with Crippen molar-refractivity contribution in [3.8, 4) is 29.4 Å². The minimum absolute atomic E-state index is 0.00957. The van der Waals surface area contributed by atoms with Crippen LogP contribution in [0.5, 0.6) is 17.5 Å². The van der Waals surface area contributed by atoms with Crippen LogP contribution >= 0.6 is 31.9 Å². The average Bonchev–Trinajstić information content (AvgIpc) is 4.05. The Morgan fingerprint density at radius 3 is 2.18 bits per heavy atom. The number of ether oxygens (including phenoxy) is 9. The van der Waals surface area contributed by atoms with Crippen molar-refractivity contribution in [2.75, 3.05) is 148 Å². The van der Waals surface area contributed by atoms with E-state index in [-0.39, 0.29) is 82.1 Å². The van der Waals surface area contributed by atoms with Crippen LogP contribution in [0.25, 0.3) is 10.9 Å². The van der Waals surface area contributed by atoms with E-state index >= 15 is 0 Å². The second kappa shape index (κ2) is 31.6. The molecule has 2 saturated heterocycles. The van der Waals surface area contributed by atoms with Crippen molar-refractivity contribution < 1.29 is 90.4 Å². The summed E-state index contributed by atoms with van der Waals surface area (Å²) in [6, 6.07) is 1.86. The van der Waals surface area contributed by atoms with Gasteiger partial charge in [-0.2, -0.15) is 23.4 Å². The number of nitrogens with one attached hydrogen (secondary N) is 2. The van der Waals surface area contributed by atoms with Crippen LogP contribution in [0.3, 0.4) is 0 Å². The number of nitrogens with zero attached hydrogens (tertiary/aromatic N) is 5. The van der Waals surface area contributed by atoms with Gasteiger partial charge in [-0.1, -0.05) is 0 Å². The van der Waals surface area contributed by atoms with E-state index in [2.05, 4.69) is 64.0 Å². The van der Waals surface area contributed by atoms with Crippen LogP contribution in [0, 0.1) is 29.6 Å². The number of aromatic nitrogens is 4. The fourth-order valence-electron chi connectivity index (χ4n) is 10.1. The summed E-state index contributed by atoms with van der Waals surface area (Å²) in [7, 11) is -4.10. The predicted molar refractivity (Wildman–Crippen MR) is 292 cm³/mol. The van der Waals surface area contributed by atoms with Gasteiger partial charge in [0.25, 0.3) is 10.1 Å². The molecule has 1 saturated carbocycles. The monoisotopic (exact) mass is 1260 g/mol. The standard InChI is InChI=1S/C51H75Br2N7O18S/c52-37-30-38-42(39(31-55-38)77-48-46(66)45(65)44(64)40(32-62)78-48)43(53)47(37)74-27-25-72-23-24-73-26-28-75-51-57-49(56-50(58-51)59-12-16-60(17-13-59,14-6-18-61)15-7-29-79(67,68)69)54-11-20-71-22-21-70-19-5-10-41(63)76-33-36-34-8-3-1-2-4-9-35(34)36/h30-31,34-36,40,44-46,48,55,61-62,64-66H,3-29,32-33H2,(H-,54,56,57,58,67,68,69)/p+1/t34-,35+,36?,40-,44-,45+,46-,48-/m1/s1. The molecule has 3 fully saturated rings. The number of H-pyrrole nitrogens is 1. The molecule has 25 nitrogen and oxygen atoms in total. The number of piperazine rings is 1. The maximum absolute atomic E-state index is 12.3. The molecule has 0 radical (unpaired) electrons. The molecule has 2 aliphatic heterocycles. The van der Waals surface area contributed by atoms with Crippen molar-refractivity contribution in [1.29, 1.82) is 0 Å². The van der Waals surface area contributed by atoms with Crippen LogP contribution in [-0.4, -0.2) is 237 Å². The average molecular weight is 1270 g/mol. The van der Waals surface area contributed by atoms with Crippen LogP contribution in [-0.2, 0) is 43.3 Å². The maximum Gasteiger partial charge on any atom is 0.323 e. The van der Waals surface area contributed by atoms with Gasteiger partial charge in [-0.3, -0.25) is 9.35 Å². The van der Waals surface area contributed by atoms with Gasteiger partial charge in [-0.15, -0.1) is 11.8 Å². The maximum atomic E-state index is 12.3. The molecule has 8 atom stereocenters. The number of hydrogen-bond donors (Lipinski definition) is 8. The molecule has 0 bridgehead atoms. The van der Waals surface area contributed by atoms with Gasteiger partial charge >= 0.3 is 12.0 Å². The summed E-state index contributed by atoms with van der Waals surface area (Å²) in [4.78, 5) is 31.2. The number of anilines is 2. The van der Waals surface area contributed by atoms with E-state index in [9.17, 15) is 43.3 Å². The summed E-state index contributed by atoms with van der Waals surface area (Å²) in [5, 5.41) is 53.8. The number of aliphatic hydroxyl groups excluding tert-OH is 5. The first-order chi connectivity index (χ1) is 38.2. The molecule has 0 amide bonds. The third-order valence-corrected chi connectivity index (χ3v) is 16.6. The smallest absolute Gasteiger partial charge is 0.323 e. The number of quaternary nitrogens is 1. The van der Waals surface area contributed by atoms with Crippen LogP contribution in [0.1, 0.15) is 51.4 Å². The first kappa shape index (κ1) is 62.8. The highest BCUT2D eigenvalue weighted by Gasteiger charge is 2.49. The molecular formula is C51H76Br2N7O18S+. The number of aliphatic hydroxyl groups is 5. The van der Waals surface area contributed by atoms with Gasteiger partial charge < -0.3 is 87.8 Å². The fourth-order valence-corrected chi connectivity index (χ4v) is 12.1. The van der Waals surface area contributed by atoms with E-state index in [1.807, 2.05) is 4.90 Å². The molecule has 7 rings (SSSR count). The Hall–Kier alpha value is -3.77. The van der Waals surface area contributed by atoms with Crippen LogP contribution < -0.4 is 24.4 Å². The predicted octanol–water partition coefficient (Wildman–Crippen LogP) is 2.05. The zero-order valence-corrected chi connectivity index (χ0v) is 48.3. The minimum Gasteiger partial charge on any atom is -0.489 e. The molecule has 2 aliphatic carbocycles. The van der Waals surface area contributed by atoms with Crippen LogP contribution in [0.4, 0.5) is 11.9 Å². The normalized spacial score (nSPS) is 23.7. The molecule has 28 heteroatoms. The first-order valence-corrected chi connectivity index (χ1v) is 30.2. The quantitative estimate of drug-likeness (QED) is 0.0137. The second-order valence-corrected chi connectivity index (χ2v) is 23.1. The van der Waals surface area contributed by atoms with Gasteiger partial charge in [-0.05, 0) is 74.9 Å². The number of fused-ring (bicyclic) bond motifs is 2. The minimum atomic E-state index is -4.10.